The van der Waals surface area contributed by atoms with Gasteiger partial charge in [0.2, 0.25) is 0 Å². The predicted molar refractivity (Wildman–Crippen MR) is 221 cm³/mol. The van der Waals surface area contributed by atoms with Crippen molar-refractivity contribution in [3.63, 3.8) is 0 Å². The number of hydrogen-bond acceptors (Lipinski definition) is 7. The second kappa shape index (κ2) is 39.2. The van der Waals surface area contributed by atoms with Crippen molar-refractivity contribution in [2.45, 2.75) is 174 Å². The van der Waals surface area contributed by atoms with Gasteiger partial charge in [-0.2, -0.15) is 0 Å². The van der Waals surface area contributed by atoms with E-state index in [2.05, 4.69) is 73.1 Å². The maximum absolute atomic E-state index is 12.4. The van der Waals surface area contributed by atoms with Crippen LogP contribution in [0.3, 0.4) is 0 Å². The molecule has 0 bridgehead atoms. The van der Waals surface area contributed by atoms with Crippen molar-refractivity contribution in [2.24, 2.45) is 0 Å². The fourth-order valence-electron chi connectivity index (χ4n) is 5.32. The smallest absolute Gasteiger partial charge is 0.462 e. The van der Waals surface area contributed by atoms with Crippen molar-refractivity contribution >= 4 is 19.8 Å². The van der Waals surface area contributed by atoms with Gasteiger partial charge in [0.1, 0.15) is 6.61 Å². The summed E-state index contributed by atoms with van der Waals surface area (Å²) in [6.07, 6.45) is 49.8. The van der Waals surface area contributed by atoms with Gasteiger partial charge in [0, 0.05) is 13.5 Å². The molecular weight excluding hydrogens is 687 g/mol. The molecule has 2 atom stereocenters. The van der Waals surface area contributed by atoms with Gasteiger partial charge in [0.05, 0.1) is 13.0 Å². The molecule has 9 heteroatoms. The van der Waals surface area contributed by atoms with E-state index in [0.717, 1.165) is 52.1 Å². The van der Waals surface area contributed by atoms with Crippen molar-refractivity contribution in [1.29, 1.82) is 0 Å². The van der Waals surface area contributed by atoms with Crippen LogP contribution in [0.2, 0.25) is 0 Å². The number of phosphoric acid groups is 1. The molecule has 0 aliphatic heterocycles. The summed E-state index contributed by atoms with van der Waals surface area (Å²) < 4.78 is 31.8. The molecule has 0 aromatic carbocycles. The van der Waals surface area contributed by atoms with Crippen LogP contribution in [0.4, 0.5) is 0 Å². The van der Waals surface area contributed by atoms with Gasteiger partial charge >= 0.3 is 19.8 Å². The molecule has 0 amide bonds. The van der Waals surface area contributed by atoms with Gasteiger partial charge in [0.15, 0.2) is 6.10 Å². The second-order valence-electron chi connectivity index (χ2n) is 13.4. The molecule has 53 heavy (non-hydrogen) atoms. The Labute approximate surface area is 323 Å². The lowest BCUT2D eigenvalue weighted by Crippen LogP contribution is -2.29. The van der Waals surface area contributed by atoms with Crippen molar-refractivity contribution in [1.82, 2.24) is 0 Å². The van der Waals surface area contributed by atoms with E-state index < -0.39 is 32.5 Å². The predicted octanol–water partition coefficient (Wildman–Crippen LogP) is 12.9. The molecule has 1 N–H and O–H groups in total. The van der Waals surface area contributed by atoms with Crippen LogP contribution in [0.15, 0.2) is 72.9 Å². The van der Waals surface area contributed by atoms with E-state index in [9.17, 15) is 19.0 Å². The normalized spacial score (nSPS) is 14.1. The summed E-state index contributed by atoms with van der Waals surface area (Å²) in [7, 11) is -3.25. The number of carbonyl (C=O) groups excluding carboxylic acids is 2. The standard InChI is InChI=1S/C44H75O8P/c1-4-6-8-10-12-14-16-18-20-21-22-23-25-26-28-30-32-34-36-38-43(45)50-40-42(41-51-53(47,48)49-3)52-44(46)39-37-35-33-31-29-27-24-19-17-15-13-11-9-7-5-2/h7,9,13,15,18-20,24,29,31,35,37,42H,4-6,8,10-12,14,16-17,21-23,25-28,30,32-34,36,38-41H2,1-3H3,(H,47,48)/b9-7-,15-13-,20-18-,24-19-,31-29-,37-35-. The molecule has 0 aliphatic rings. The van der Waals surface area contributed by atoms with Crippen LogP contribution in [0.5, 0.6) is 0 Å². The summed E-state index contributed by atoms with van der Waals surface area (Å²) >= 11 is 0. The molecule has 0 spiro atoms. The zero-order valence-corrected chi connectivity index (χ0v) is 34.5. The zero-order valence-electron chi connectivity index (χ0n) is 33.6. The van der Waals surface area contributed by atoms with Crippen LogP contribution < -0.4 is 0 Å². The lowest BCUT2D eigenvalue weighted by Gasteiger charge is -2.19. The number of esters is 2. The number of unbranched alkanes of at least 4 members (excludes halogenated alkanes) is 15. The molecule has 0 aliphatic carbocycles. The van der Waals surface area contributed by atoms with Gasteiger partial charge in [-0.1, -0.05) is 164 Å². The maximum Gasteiger partial charge on any atom is 0.472 e. The lowest BCUT2D eigenvalue weighted by molar-refractivity contribution is -0.160. The minimum atomic E-state index is -4.29. The molecule has 0 aromatic heterocycles. The molecular formula is C44H75O8P. The highest BCUT2D eigenvalue weighted by Gasteiger charge is 2.24. The highest BCUT2D eigenvalue weighted by atomic mass is 31.2. The Balaban J connectivity index is 4.12. The van der Waals surface area contributed by atoms with Crippen molar-refractivity contribution in [3.05, 3.63) is 72.9 Å². The molecule has 0 aromatic rings. The average Bonchev–Trinajstić information content (AvgIpc) is 3.15. The fourth-order valence-corrected chi connectivity index (χ4v) is 5.78. The SMILES string of the molecule is CC/C=C\C/C=C\C/C=C\C/C=C\C/C=C\CC(=O)OC(COC(=O)CCCCCCCCCCC/C=C\CCCCCCCC)COP(=O)(O)OC. The highest BCUT2D eigenvalue weighted by molar-refractivity contribution is 7.47. The van der Waals surface area contributed by atoms with E-state index in [1.165, 1.54) is 89.9 Å². The number of allylic oxidation sites excluding steroid dienone is 11. The number of ether oxygens (including phenoxy) is 2. The van der Waals surface area contributed by atoms with E-state index in [1.807, 2.05) is 12.2 Å². The molecule has 0 saturated carbocycles. The number of carbonyl (C=O) groups is 2. The Morgan fingerprint density at radius 2 is 1.02 bits per heavy atom. The number of hydrogen-bond donors (Lipinski definition) is 1. The minimum absolute atomic E-state index is 0.00966. The van der Waals surface area contributed by atoms with Crippen LogP contribution in [0.25, 0.3) is 0 Å². The number of phosphoric ester groups is 1. The van der Waals surface area contributed by atoms with E-state index in [4.69, 9.17) is 14.0 Å². The third kappa shape index (κ3) is 39.0. The first-order chi connectivity index (χ1) is 25.8. The van der Waals surface area contributed by atoms with E-state index in [1.54, 1.807) is 6.08 Å². The van der Waals surface area contributed by atoms with Gasteiger partial charge in [-0.3, -0.25) is 18.6 Å². The van der Waals surface area contributed by atoms with Gasteiger partial charge in [0.25, 0.3) is 0 Å². The summed E-state index contributed by atoms with van der Waals surface area (Å²) in [6, 6.07) is 0. The number of rotatable bonds is 37. The summed E-state index contributed by atoms with van der Waals surface area (Å²) in [6.45, 7) is 3.68. The van der Waals surface area contributed by atoms with Crippen LogP contribution in [0.1, 0.15) is 168 Å². The molecule has 8 nitrogen and oxygen atoms in total. The van der Waals surface area contributed by atoms with Crippen molar-refractivity contribution < 1.29 is 37.6 Å². The molecule has 2 unspecified atom stereocenters. The Morgan fingerprint density at radius 1 is 0.566 bits per heavy atom. The maximum atomic E-state index is 12.4. The first kappa shape index (κ1) is 50.5. The summed E-state index contributed by atoms with van der Waals surface area (Å²) in [4.78, 5) is 34.3. The van der Waals surface area contributed by atoms with E-state index in [-0.39, 0.29) is 19.4 Å². The van der Waals surface area contributed by atoms with Crippen LogP contribution in [0, 0.1) is 0 Å². The lowest BCUT2D eigenvalue weighted by atomic mass is 10.1. The topological polar surface area (TPSA) is 108 Å². The molecule has 0 heterocycles. The largest absolute Gasteiger partial charge is 0.472 e. The van der Waals surface area contributed by atoms with Crippen LogP contribution >= 0.6 is 7.82 Å². The van der Waals surface area contributed by atoms with Gasteiger partial charge in [-0.25, -0.2) is 4.57 Å². The third-order valence-corrected chi connectivity index (χ3v) is 9.40. The second-order valence-corrected chi connectivity index (χ2v) is 15.0. The highest BCUT2D eigenvalue weighted by Crippen LogP contribution is 2.42. The van der Waals surface area contributed by atoms with E-state index in [0.29, 0.717) is 6.42 Å². The van der Waals surface area contributed by atoms with Crippen LogP contribution in [-0.4, -0.2) is 43.3 Å². The Kier molecular flexibility index (Phi) is 37.3. The first-order valence-electron chi connectivity index (χ1n) is 20.6. The third-order valence-electron chi connectivity index (χ3n) is 8.47. The van der Waals surface area contributed by atoms with Gasteiger partial charge < -0.3 is 14.4 Å². The Morgan fingerprint density at radius 3 is 1.51 bits per heavy atom. The van der Waals surface area contributed by atoms with Gasteiger partial charge in [-0.15, -0.1) is 0 Å². The van der Waals surface area contributed by atoms with Crippen molar-refractivity contribution in [3.8, 4) is 0 Å². The van der Waals surface area contributed by atoms with Crippen molar-refractivity contribution in [2.75, 3.05) is 20.3 Å². The summed E-state index contributed by atoms with van der Waals surface area (Å²) in [5, 5.41) is 0. The summed E-state index contributed by atoms with van der Waals surface area (Å²) in [5.74, 6) is -0.958. The molecule has 0 rings (SSSR count). The monoisotopic (exact) mass is 763 g/mol. The molecule has 0 radical (unpaired) electrons. The quantitative estimate of drug-likeness (QED) is 0.0288. The minimum Gasteiger partial charge on any atom is -0.462 e. The zero-order chi connectivity index (χ0) is 38.9. The Bertz CT molecular complexity index is 1090. The van der Waals surface area contributed by atoms with E-state index >= 15 is 0 Å². The van der Waals surface area contributed by atoms with Gasteiger partial charge in [-0.05, 0) is 64.2 Å². The fraction of sp³-hybridized carbons (Fsp3) is 0.682. The molecule has 0 saturated heterocycles. The van der Waals surface area contributed by atoms with Crippen LogP contribution in [-0.2, 0) is 32.7 Å². The summed E-state index contributed by atoms with van der Waals surface area (Å²) in [5.41, 5.74) is 0. The first-order valence-corrected chi connectivity index (χ1v) is 22.1. The molecule has 304 valence electrons. The Hall–Kier alpha value is -2.51. The molecule has 0 fully saturated rings. The average molecular weight is 763 g/mol.